The second-order valence-electron chi connectivity index (χ2n) is 6.76. The second-order valence-corrected chi connectivity index (χ2v) is 7.77. The van der Waals surface area contributed by atoms with E-state index in [1.54, 1.807) is 23.1 Å². The van der Waals surface area contributed by atoms with Crippen molar-refractivity contribution in [3.63, 3.8) is 0 Å². The first-order valence-electron chi connectivity index (χ1n) is 9.41. The SMILES string of the molecule is COc1ccccc1C(=O)N1CCC[C@@H]1c1nnc(C(=O)Nc2ccc(F)cc2)s1. The summed E-state index contributed by atoms with van der Waals surface area (Å²) >= 11 is 1.15. The molecule has 2 heterocycles. The highest BCUT2D eigenvalue weighted by molar-refractivity contribution is 7.13. The van der Waals surface area contributed by atoms with Crippen molar-refractivity contribution in [2.45, 2.75) is 18.9 Å². The summed E-state index contributed by atoms with van der Waals surface area (Å²) in [5.74, 6) is -0.426. The Bertz CT molecular complexity index is 1070. The van der Waals surface area contributed by atoms with E-state index in [0.717, 1.165) is 24.2 Å². The van der Waals surface area contributed by atoms with Crippen LogP contribution in [0.5, 0.6) is 5.75 Å². The normalized spacial score (nSPS) is 15.8. The maximum atomic E-state index is 13.1. The van der Waals surface area contributed by atoms with Gasteiger partial charge in [-0.15, -0.1) is 10.2 Å². The predicted octanol–water partition coefficient (Wildman–Crippen LogP) is 3.92. The third kappa shape index (κ3) is 4.02. The number of amides is 2. The highest BCUT2D eigenvalue weighted by Gasteiger charge is 2.34. The molecule has 30 heavy (non-hydrogen) atoms. The number of ether oxygens (including phenoxy) is 1. The zero-order chi connectivity index (χ0) is 21.1. The van der Waals surface area contributed by atoms with Crippen molar-refractivity contribution in [2.24, 2.45) is 0 Å². The minimum absolute atomic E-state index is 0.137. The molecular weight excluding hydrogens is 407 g/mol. The molecule has 3 aromatic rings. The number of nitrogens with zero attached hydrogens (tertiary/aromatic N) is 3. The van der Waals surface area contributed by atoms with Crippen molar-refractivity contribution in [2.75, 3.05) is 19.0 Å². The molecule has 0 spiro atoms. The first-order chi connectivity index (χ1) is 14.6. The molecule has 0 radical (unpaired) electrons. The number of rotatable bonds is 5. The minimum Gasteiger partial charge on any atom is -0.496 e. The highest BCUT2D eigenvalue weighted by Crippen LogP contribution is 2.36. The van der Waals surface area contributed by atoms with E-state index in [9.17, 15) is 14.0 Å². The molecule has 0 unspecified atom stereocenters. The number of hydrogen-bond acceptors (Lipinski definition) is 6. The Hall–Kier alpha value is -3.33. The summed E-state index contributed by atoms with van der Waals surface area (Å²) in [5.41, 5.74) is 0.956. The lowest BCUT2D eigenvalue weighted by atomic mass is 10.1. The van der Waals surface area contributed by atoms with Gasteiger partial charge in [0.25, 0.3) is 11.8 Å². The fraction of sp³-hybridized carbons (Fsp3) is 0.238. The van der Waals surface area contributed by atoms with Gasteiger partial charge in [0.15, 0.2) is 0 Å². The van der Waals surface area contributed by atoms with Crippen molar-refractivity contribution >= 4 is 28.8 Å². The van der Waals surface area contributed by atoms with Crippen molar-refractivity contribution < 1.29 is 18.7 Å². The van der Waals surface area contributed by atoms with Crippen LogP contribution in [-0.2, 0) is 0 Å². The number of nitrogens with one attached hydrogen (secondary N) is 1. The number of para-hydroxylation sites is 1. The van der Waals surface area contributed by atoms with Crippen LogP contribution in [0.2, 0.25) is 0 Å². The lowest BCUT2D eigenvalue weighted by Gasteiger charge is -2.23. The summed E-state index contributed by atoms with van der Waals surface area (Å²) in [4.78, 5) is 27.3. The molecule has 1 aromatic heterocycles. The molecule has 2 aromatic carbocycles. The number of carbonyl (C=O) groups excluding carboxylic acids is 2. The van der Waals surface area contributed by atoms with Crippen molar-refractivity contribution in [3.8, 4) is 5.75 Å². The molecule has 2 amide bonds. The van der Waals surface area contributed by atoms with E-state index < -0.39 is 5.91 Å². The van der Waals surface area contributed by atoms with Gasteiger partial charge in [-0.25, -0.2) is 4.39 Å². The van der Waals surface area contributed by atoms with Crippen LogP contribution in [0.4, 0.5) is 10.1 Å². The first-order valence-corrected chi connectivity index (χ1v) is 10.2. The largest absolute Gasteiger partial charge is 0.496 e. The molecule has 154 valence electrons. The Balaban J connectivity index is 1.51. The molecule has 1 fully saturated rings. The number of methoxy groups -OCH3 is 1. The van der Waals surface area contributed by atoms with E-state index in [1.165, 1.54) is 31.4 Å². The molecule has 9 heteroatoms. The van der Waals surface area contributed by atoms with Crippen molar-refractivity contribution in [3.05, 3.63) is 69.9 Å². The molecule has 4 rings (SSSR count). The number of carbonyl (C=O) groups is 2. The van der Waals surface area contributed by atoms with Crippen LogP contribution in [0.15, 0.2) is 48.5 Å². The number of anilines is 1. The zero-order valence-corrected chi connectivity index (χ0v) is 17.0. The molecule has 1 atom stereocenters. The topological polar surface area (TPSA) is 84.4 Å². The molecule has 1 N–H and O–H groups in total. The number of likely N-dealkylation sites (tertiary alicyclic amines) is 1. The van der Waals surface area contributed by atoms with Crippen molar-refractivity contribution in [1.29, 1.82) is 0 Å². The maximum absolute atomic E-state index is 13.1. The predicted molar refractivity (Wildman–Crippen MR) is 110 cm³/mol. The lowest BCUT2D eigenvalue weighted by Crippen LogP contribution is -2.30. The smallest absolute Gasteiger partial charge is 0.286 e. The Morgan fingerprint density at radius 3 is 2.70 bits per heavy atom. The van der Waals surface area contributed by atoms with Crippen LogP contribution in [0.25, 0.3) is 0 Å². The molecule has 0 aliphatic carbocycles. The highest BCUT2D eigenvalue weighted by atomic mass is 32.1. The van der Waals surface area contributed by atoms with E-state index in [2.05, 4.69) is 15.5 Å². The van der Waals surface area contributed by atoms with Gasteiger partial charge in [-0.2, -0.15) is 0 Å². The van der Waals surface area contributed by atoms with Crippen LogP contribution in [0, 0.1) is 5.82 Å². The van der Waals surface area contributed by atoms with Gasteiger partial charge >= 0.3 is 0 Å². The Morgan fingerprint density at radius 1 is 1.17 bits per heavy atom. The van der Waals surface area contributed by atoms with Gasteiger partial charge in [-0.1, -0.05) is 23.5 Å². The number of benzene rings is 2. The molecule has 1 aliphatic heterocycles. The monoisotopic (exact) mass is 426 g/mol. The molecular formula is C21H19FN4O3S. The standard InChI is InChI=1S/C21H19FN4O3S/c1-29-17-7-3-2-5-15(17)21(28)26-12-4-6-16(26)19-24-25-20(30-19)18(27)23-14-10-8-13(22)9-11-14/h2-3,5,7-11,16H,4,6,12H2,1H3,(H,23,27)/t16-/m1/s1. The first kappa shape index (κ1) is 20.0. The molecule has 7 nitrogen and oxygen atoms in total. The van der Waals surface area contributed by atoms with Crippen LogP contribution in [0.1, 0.15) is 44.1 Å². The van der Waals surface area contributed by atoms with E-state index in [0.29, 0.717) is 28.6 Å². The van der Waals surface area contributed by atoms with Crippen molar-refractivity contribution in [1.82, 2.24) is 15.1 Å². The van der Waals surface area contributed by atoms with E-state index in [-0.39, 0.29) is 22.8 Å². The summed E-state index contributed by atoms with van der Waals surface area (Å²) in [7, 11) is 1.53. The number of hydrogen-bond donors (Lipinski definition) is 1. The maximum Gasteiger partial charge on any atom is 0.286 e. The van der Waals surface area contributed by atoms with Crippen LogP contribution in [0.3, 0.4) is 0 Å². The minimum atomic E-state index is -0.425. The van der Waals surface area contributed by atoms with E-state index >= 15 is 0 Å². The Kier molecular flexibility index (Phi) is 5.71. The zero-order valence-electron chi connectivity index (χ0n) is 16.2. The summed E-state index contributed by atoms with van der Waals surface area (Å²) < 4.78 is 18.3. The third-order valence-electron chi connectivity index (χ3n) is 4.87. The van der Waals surface area contributed by atoms with Gasteiger partial charge in [-0.3, -0.25) is 9.59 Å². The fourth-order valence-corrected chi connectivity index (χ4v) is 4.31. The van der Waals surface area contributed by atoms with Gasteiger partial charge < -0.3 is 15.0 Å². The Labute approximate surface area is 176 Å². The summed E-state index contributed by atoms with van der Waals surface area (Å²) in [5, 5.41) is 11.6. The summed E-state index contributed by atoms with van der Waals surface area (Å²) in [6.45, 7) is 0.595. The lowest BCUT2D eigenvalue weighted by molar-refractivity contribution is 0.0731. The van der Waals surface area contributed by atoms with Crippen LogP contribution < -0.4 is 10.1 Å². The van der Waals surface area contributed by atoms with Gasteiger partial charge in [0.2, 0.25) is 5.01 Å². The van der Waals surface area contributed by atoms with Gasteiger partial charge in [-0.05, 0) is 49.2 Å². The van der Waals surface area contributed by atoms with E-state index in [1.807, 2.05) is 6.07 Å². The van der Waals surface area contributed by atoms with Gasteiger partial charge in [0.05, 0.1) is 18.7 Å². The second kappa shape index (κ2) is 8.58. The third-order valence-corrected chi connectivity index (χ3v) is 5.90. The summed E-state index contributed by atoms with van der Waals surface area (Å²) in [6, 6.07) is 12.3. The van der Waals surface area contributed by atoms with Gasteiger partial charge in [0.1, 0.15) is 16.6 Å². The van der Waals surface area contributed by atoms with Gasteiger partial charge in [0, 0.05) is 12.2 Å². The average Bonchev–Trinajstić information content (AvgIpc) is 3.44. The molecule has 0 bridgehead atoms. The van der Waals surface area contributed by atoms with Crippen LogP contribution in [-0.4, -0.2) is 40.6 Å². The Morgan fingerprint density at radius 2 is 1.93 bits per heavy atom. The number of aromatic nitrogens is 2. The van der Waals surface area contributed by atoms with Crippen LogP contribution >= 0.6 is 11.3 Å². The molecule has 1 aliphatic rings. The quantitative estimate of drug-likeness (QED) is 0.669. The summed E-state index contributed by atoms with van der Waals surface area (Å²) in [6.07, 6.45) is 1.58. The van der Waals surface area contributed by atoms with E-state index in [4.69, 9.17) is 4.74 Å². The molecule has 0 saturated carbocycles. The fourth-order valence-electron chi connectivity index (χ4n) is 3.42. The average molecular weight is 426 g/mol. The molecule has 1 saturated heterocycles. The number of halogens is 1.